The quantitative estimate of drug-likeness (QED) is 0.500. The highest BCUT2D eigenvalue weighted by Gasteiger charge is 2.26. The van der Waals surface area contributed by atoms with Crippen LogP contribution in [0.2, 0.25) is 0 Å². The largest absolute Gasteiger partial charge is 0.313 e. The highest BCUT2D eigenvalue weighted by molar-refractivity contribution is 4.82. The van der Waals surface area contributed by atoms with Crippen molar-refractivity contribution in [1.82, 2.24) is 10.2 Å². The molecule has 2 rings (SSSR count). The van der Waals surface area contributed by atoms with Crippen molar-refractivity contribution in [2.24, 2.45) is 5.92 Å². The fourth-order valence-electron chi connectivity index (χ4n) is 3.62. The van der Waals surface area contributed by atoms with Crippen molar-refractivity contribution < 1.29 is 0 Å². The molecule has 1 unspecified atom stereocenters. The molecule has 1 aliphatic heterocycles. The van der Waals surface area contributed by atoms with E-state index in [1.807, 2.05) is 0 Å². The van der Waals surface area contributed by atoms with Crippen LogP contribution in [0, 0.1) is 5.92 Å². The molecule has 1 aliphatic carbocycles. The molecule has 2 aliphatic rings. The van der Waals surface area contributed by atoms with Gasteiger partial charge in [0.2, 0.25) is 0 Å². The Bertz CT molecular complexity index is 244. The molecule has 0 amide bonds. The van der Waals surface area contributed by atoms with Crippen LogP contribution in [-0.2, 0) is 0 Å². The molecule has 0 spiro atoms. The van der Waals surface area contributed by atoms with Crippen LogP contribution >= 0.6 is 0 Å². The second-order valence-corrected chi connectivity index (χ2v) is 7.47. The Hall–Kier alpha value is -0.0800. The van der Waals surface area contributed by atoms with Gasteiger partial charge in [-0.3, -0.25) is 0 Å². The number of hydrogen-bond acceptors (Lipinski definition) is 2. The monoisotopic (exact) mass is 294 g/mol. The van der Waals surface area contributed by atoms with E-state index in [1.54, 1.807) is 0 Å². The average Bonchev–Trinajstić information content (AvgIpc) is 3.15. The molecule has 0 aromatic rings. The lowest BCUT2D eigenvalue weighted by atomic mass is 10.1. The van der Waals surface area contributed by atoms with E-state index < -0.39 is 0 Å². The van der Waals surface area contributed by atoms with Crippen LogP contribution in [0.4, 0.5) is 0 Å². The standard InChI is InChI=1S/C19H38N2/c1-2-3-4-5-6-7-8-9-15-21(16-18-12-13-18)17-19-11-10-14-20-19/h18-20H,2-17H2,1H3. The Balaban J connectivity index is 1.49. The smallest absolute Gasteiger partial charge is 0.0195 e. The van der Waals surface area contributed by atoms with Crippen LogP contribution < -0.4 is 5.32 Å². The van der Waals surface area contributed by atoms with E-state index in [9.17, 15) is 0 Å². The zero-order valence-electron chi connectivity index (χ0n) is 14.4. The first-order valence-corrected chi connectivity index (χ1v) is 9.84. The molecule has 1 N–H and O–H groups in total. The Morgan fingerprint density at radius 2 is 1.57 bits per heavy atom. The summed E-state index contributed by atoms with van der Waals surface area (Å²) in [5, 5.41) is 3.67. The van der Waals surface area contributed by atoms with E-state index in [0.29, 0.717) is 0 Å². The van der Waals surface area contributed by atoms with Crippen LogP contribution in [0.15, 0.2) is 0 Å². The van der Waals surface area contributed by atoms with Gasteiger partial charge in [-0.15, -0.1) is 0 Å². The third-order valence-corrected chi connectivity index (χ3v) is 5.18. The van der Waals surface area contributed by atoms with Gasteiger partial charge in [-0.1, -0.05) is 51.9 Å². The Morgan fingerprint density at radius 1 is 0.857 bits per heavy atom. The predicted octanol–water partition coefficient (Wildman–Crippen LogP) is 4.59. The van der Waals surface area contributed by atoms with E-state index in [0.717, 1.165) is 12.0 Å². The molecule has 1 saturated heterocycles. The fraction of sp³-hybridized carbons (Fsp3) is 1.00. The lowest BCUT2D eigenvalue weighted by molar-refractivity contribution is 0.234. The molecule has 0 aromatic heterocycles. The summed E-state index contributed by atoms with van der Waals surface area (Å²) in [4.78, 5) is 2.78. The van der Waals surface area contributed by atoms with Crippen LogP contribution in [0.1, 0.15) is 84.0 Å². The Morgan fingerprint density at radius 3 is 2.19 bits per heavy atom. The maximum atomic E-state index is 3.67. The van der Waals surface area contributed by atoms with Crippen molar-refractivity contribution >= 4 is 0 Å². The summed E-state index contributed by atoms with van der Waals surface area (Å²) in [7, 11) is 0. The lowest BCUT2D eigenvalue weighted by Gasteiger charge is -2.25. The SMILES string of the molecule is CCCCCCCCCCN(CC1CC1)CC1CCCN1. The zero-order chi connectivity index (χ0) is 14.8. The number of nitrogens with zero attached hydrogens (tertiary/aromatic N) is 1. The van der Waals surface area contributed by atoms with E-state index in [2.05, 4.69) is 17.1 Å². The number of unbranched alkanes of at least 4 members (excludes halogenated alkanes) is 7. The first-order valence-electron chi connectivity index (χ1n) is 9.84. The van der Waals surface area contributed by atoms with E-state index in [1.165, 1.54) is 103 Å². The molecule has 0 aromatic carbocycles. The van der Waals surface area contributed by atoms with Gasteiger partial charge in [0, 0.05) is 19.1 Å². The third kappa shape index (κ3) is 8.21. The van der Waals surface area contributed by atoms with Crippen molar-refractivity contribution in [3.05, 3.63) is 0 Å². The van der Waals surface area contributed by atoms with E-state index >= 15 is 0 Å². The van der Waals surface area contributed by atoms with E-state index in [-0.39, 0.29) is 0 Å². The van der Waals surface area contributed by atoms with Gasteiger partial charge in [0.05, 0.1) is 0 Å². The minimum absolute atomic E-state index is 0.790. The molecule has 124 valence electrons. The molecule has 2 fully saturated rings. The first-order chi connectivity index (χ1) is 10.4. The van der Waals surface area contributed by atoms with Crippen molar-refractivity contribution in [2.45, 2.75) is 90.0 Å². The van der Waals surface area contributed by atoms with Crippen molar-refractivity contribution in [1.29, 1.82) is 0 Å². The first kappa shape index (κ1) is 17.3. The van der Waals surface area contributed by atoms with Crippen LogP contribution in [0.25, 0.3) is 0 Å². The van der Waals surface area contributed by atoms with Gasteiger partial charge >= 0.3 is 0 Å². The lowest BCUT2D eigenvalue weighted by Crippen LogP contribution is -2.39. The molecule has 0 radical (unpaired) electrons. The van der Waals surface area contributed by atoms with Crippen LogP contribution in [0.5, 0.6) is 0 Å². The molecule has 1 saturated carbocycles. The number of rotatable bonds is 13. The zero-order valence-corrected chi connectivity index (χ0v) is 14.4. The van der Waals surface area contributed by atoms with E-state index in [4.69, 9.17) is 0 Å². The highest BCUT2D eigenvalue weighted by Crippen LogP contribution is 2.30. The fourth-order valence-corrected chi connectivity index (χ4v) is 3.62. The summed E-state index contributed by atoms with van der Waals surface area (Å²) in [6.45, 7) is 7.60. The van der Waals surface area contributed by atoms with Gasteiger partial charge < -0.3 is 10.2 Å². The summed E-state index contributed by atoms with van der Waals surface area (Å²) in [6, 6.07) is 0.790. The Kier molecular flexibility index (Phi) is 8.73. The molecule has 2 nitrogen and oxygen atoms in total. The summed E-state index contributed by atoms with van der Waals surface area (Å²) in [5.74, 6) is 1.04. The van der Waals surface area contributed by atoms with Gasteiger partial charge in [0.25, 0.3) is 0 Å². The molecule has 1 heterocycles. The molecular weight excluding hydrogens is 256 g/mol. The molecule has 21 heavy (non-hydrogen) atoms. The average molecular weight is 295 g/mol. The maximum Gasteiger partial charge on any atom is 0.0195 e. The van der Waals surface area contributed by atoms with Crippen LogP contribution in [-0.4, -0.2) is 37.1 Å². The number of hydrogen-bond donors (Lipinski definition) is 1. The van der Waals surface area contributed by atoms with Gasteiger partial charge in [-0.05, 0) is 51.1 Å². The van der Waals surface area contributed by atoms with Gasteiger partial charge in [0.15, 0.2) is 0 Å². The highest BCUT2D eigenvalue weighted by atomic mass is 15.2. The minimum Gasteiger partial charge on any atom is -0.313 e. The minimum atomic E-state index is 0.790. The van der Waals surface area contributed by atoms with Gasteiger partial charge in [-0.25, -0.2) is 0 Å². The molecule has 2 heteroatoms. The molecule has 0 bridgehead atoms. The second-order valence-electron chi connectivity index (χ2n) is 7.47. The summed E-state index contributed by atoms with van der Waals surface area (Å²) < 4.78 is 0. The summed E-state index contributed by atoms with van der Waals surface area (Å²) in [5.41, 5.74) is 0. The van der Waals surface area contributed by atoms with Crippen molar-refractivity contribution in [2.75, 3.05) is 26.2 Å². The molecular formula is C19H38N2. The normalized spacial score (nSPS) is 22.3. The summed E-state index contributed by atoms with van der Waals surface area (Å²) >= 11 is 0. The topological polar surface area (TPSA) is 15.3 Å². The second kappa shape index (κ2) is 10.6. The van der Waals surface area contributed by atoms with Crippen molar-refractivity contribution in [3.8, 4) is 0 Å². The third-order valence-electron chi connectivity index (χ3n) is 5.18. The van der Waals surface area contributed by atoms with Gasteiger partial charge in [0.1, 0.15) is 0 Å². The Labute approximate surface area is 133 Å². The predicted molar refractivity (Wildman–Crippen MR) is 92.8 cm³/mol. The maximum absolute atomic E-state index is 3.67. The van der Waals surface area contributed by atoms with Crippen LogP contribution in [0.3, 0.4) is 0 Å². The molecule has 1 atom stereocenters. The van der Waals surface area contributed by atoms with Crippen molar-refractivity contribution in [3.63, 3.8) is 0 Å². The summed E-state index contributed by atoms with van der Waals surface area (Å²) in [6.07, 6.45) is 17.3. The van der Waals surface area contributed by atoms with Gasteiger partial charge in [-0.2, -0.15) is 0 Å². The number of nitrogens with one attached hydrogen (secondary N) is 1.